The van der Waals surface area contributed by atoms with Crippen LogP contribution in [0.25, 0.3) is 27.3 Å². The lowest BCUT2D eigenvalue weighted by Crippen LogP contribution is -2.38. The van der Waals surface area contributed by atoms with E-state index in [4.69, 9.17) is 0 Å². The lowest BCUT2D eigenvalue weighted by atomic mass is 9.82. The van der Waals surface area contributed by atoms with Crippen molar-refractivity contribution < 1.29 is 14.7 Å². The van der Waals surface area contributed by atoms with Crippen LogP contribution in [-0.4, -0.2) is 38.1 Å². The molecule has 1 aromatic carbocycles. The van der Waals surface area contributed by atoms with E-state index in [9.17, 15) is 14.7 Å². The van der Waals surface area contributed by atoms with Gasteiger partial charge in [0.25, 0.3) is 0 Å². The molecule has 1 fully saturated rings. The molecule has 3 heterocycles. The van der Waals surface area contributed by atoms with Crippen molar-refractivity contribution in [3.05, 3.63) is 59.7 Å². The van der Waals surface area contributed by atoms with Gasteiger partial charge in [0.05, 0.1) is 11.4 Å². The summed E-state index contributed by atoms with van der Waals surface area (Å²) in [4.78, 5) is 32.5. The number of thiophene rings is 1. The number of carboxylic acid groups (broad SMARTS) is 1. The molecule has 0 unspecified atom stereocenters. The Morgan fingerprint density at radius 3 is 2.49 bits per heavy atom. The fraction of sp³-hybridized carbons (Fsp3) is 0.333. The molecule has 1 N–H and O–H groups in total. The molecule has 1 aliphatic rings. The zero-order chi connectivity index (χ0) is 24.5. The largest absolute Gasteiger partial charge is 0.477 e. The average molecular weight is 489 g/mol. The lowest BCUT2D eigenvalue weighted by Gasteiger charge is -2.30. The predicted molar refractivity (Wildman–Crippen MR) is 138 cm³/mol. The van der Waals surface area contributed by atoms with Gasteiger partial charge in [-0.15, -0.1) is 11.3 Å². The molecule has 5 rings (SSSR count). The molecule has 0 aliphatic heterocycles. The van der Waals surface area contributed by atoms with E-state index in [1.54, 1.807) is 15.6 Å². The number of hydrogen-bond donors (Lipinski definition) is 1. The first-order valence-electron chi connectivity index (χ1n) is 12.0. The molecule has 0 radical (unpaired) electrons. The predicted octanol–water partition coefficient (Wildman–Crippen LogP) is 6.00. The lowest BCUT2D eigenvalue weighted by molar-refractivity contribution is -0.123. The molecule has 4 aromatic rings. The highest BCUT2D eigenvalue weighted by molar-refractivity contribution is 7.18. The molecule has 180 valence electrons. The Hall–Kier alpha value is -3.52. The van der Waals surface area contributed by atoms with Crippen molar-refractivity contribution in [2.45, 2.75) is 39.5 Å². The van der Waals surface area contributed by atoms with Crippen molar-refractivity contribution in [1.82, 2.24) is 14.6 Å². The molecule has 0 bridgehead atoms. The van der Waals surface area contributed by atoms with Crippen molar-refractivity contribution in [2.75, 3.05) is 11.4 Å². The quantitative estimate of drug-likeness (QED) is 0.359. The summed E-state index contributed by atoms with van der Waals surface area (Å²) in [5.41, 5.74) is 3.95. The van der Waals surface area contributed by atoms with Crippen LogP contribution in [0, 0.1) is 11.8 Å². The first kappa shape index (κ1) is 23.2. The molecule has 1 aliphatic carbocycles. The minimum Gasteiger partial charge on any atom is -0.477 e. The van der Waals surface area contributed by atoms with E-state index in [1.807, 2.05) is 55.6 Å². The third-order valence-corrected chi connectivity index (χ3v) is 8.01. The van der Waals surface area contributed by atoms with Crippen LogP contribution in [0.1, 0.15) is 49.2 Å². The summed E-state index contributed by atoms with van der Waals surface area (Å²) in [6.07, 6.45) is 7.42. The van der Waals surface area contributed by atoms with Crippen LogP contribution in [0.5, 0.6) is 0 Å². The Balaban J connectivity index is 1.43. The van der Waals surface area contributed by atoms with Crippen LogP contribution >= 0.6 is 11.3 Å². The normalized spacial score (nSPS) is 18.0. The second kappa shape index (κ2) is 9.62. The number of carboxylic acids is 1. The van der Waals surface area contributed by atoms with Crippen LogP contribution in [0.4, 0.5) is 5.69 Å². The van der Waals surface area contributed by atoms with Crippen molar-refractivity contribution in [2.24, 2.45) is 11.8 Å². The van der Waals surface area contributed by atoms with Gasteiger partial charge in [-0.05, 0) is 56.2 Å². The van der Waals surface area contributed by atoms with Crippen molar-refractivity contribution in [1.29, 1.82) is 0 Å². The van der Waals surface area contributed by atoms with Gasteiger partial charge in [-0.2, -0.15) is 5.10 Å². The molecule has 3 aromatic heterocycles. The van der Waals surface area contributed by atoms with Crippen LogP contribution < -0.4 is 4.90 Å². The third kappa shape index (κ3) is 4.58. The molecule has 8 heteroatoms. The smallest absolute Gasteiger partial charge is 0.348 e. The van der Waals surface area contributed by atoms with Crippen molar-refractivity contribution in [3.8, 4) is 21.7 Å². The standard InChI is InChI=1S/C27H28N4O3S/c1-3-30(26(32)20-7-5-17(2)6-8-20)22-16-23(35-25(22)27(33)34)19-11-9-18(10-12-19)21-15-24-28-13-4-14-31(24)29-21/h4,9-17,20H,3,5-8H2,1-2H3,(H,33,34). The second-order valence-corrected chi connectivity index (χ2v) is 10.3. The molecule has 0 saturated heterocycles. The fourth-order valence-electron chi connectivity index (χ4n) is 4.83. The number of aromatic nitrogens is 3. The molecule has 0 spiro atoms. The summed E-state index contributed by atoms with van der Waals surface area (Å²) < 4.78 is 1.73. The van der Waals surface area contributed by atoms with Crippen LogP contribution in [0.2, 0.25) is 0 Å². The molecule has 1 amide bonds. The summed E-state index contributed by atoms with van der Waals surface area (Å²) in [5, 5.41) is 14.5. The van der Waals surface area contributed by atoms with Crippen LogP contribution in [0.15, 0.2) is 54.9 Å². The second-order valence-electron chi connectivity index (χ2n) is 9.20. The van der Waals surface area contributed by atoms with Crippen molar-refractivity contribution >= 4 is 34.5 Å². The monoisotopic (exact) mass is 488 g/mol. The van der Waals surface area contributed by atoms with E-state index >= 15 is 0 Å². The molecular weight excluding hydrogens is 460 g/mol. The number of aromatic carboxylic acids is 1. The summed E-state index contributed by atoms with van der Waals surface area (Å²) in [6.45, 7) is 4.58. The van der Waals surface area contributed by atoms with Gasteiger partial charge in [0.2, 0.25) is 5.91 Å². The highest BCUT2D eigenvalue weighted by atomic mass is 32.1. The third-order valence-electron chi connectivity index (χ3n) is 6.85. The van der Waals surface area contributed by atoms with E-state index in [2.05, 4.69) is 17.0 Å². The zero-order valence-corrected chi connectivity index (χ0v) is 20.7. The minimum absolute atomic E-state index is 0.0321. The van der Waals surface area contributed by atoms with Gasteiger partial charge in [0, 0.05) is 41.4 Å². The Bertz CT molecular complexity index is 1330. The van der Waals surface area contributed by atoms with E-state index in [1.165, 1.54) is 11.3 Å². The van der Waals surface area contributed by atoms with Gasteiger partial charge in [0.1, 0.15) is 4.88 Å². The first-order chi connectivity index (χ1) is 16.9. The molecule has 1 saturated carbocycles. The van der Waals surface area contributed by atoms with Crippen LogP contribution in [-0.2, 0) is 4.79 Å². The van der Waals surface area contributed by atoms with Gasteiger partial charge >= 0.3 is 5.97 Å². The number of fused-ring (bicyclic) bond motifs is 1. The Morgan fingerprint density at radius 2 is 1.83 bits per heavy atom. The number of carbonyl (C=O) groups excluding carboxylic acids is 1. The summed E-state index contributed by atoms with van der Waals surface area (Å²) in [6, 6.07) is 13.5. The van der Waals surface area contributed by atoms with E-state index in [-0.39, 0.29) is 16.7 Å². The first-order valence-corrected chi connectivity index (χ1v) is 12.9. The van der Waals surface area contributed by atoms with Crippen LogP contribution in [0.3, 0.4) is 0 Å². The molecule has 35 heavy (non-hydrogen) atoms. The summed E-state index contributed by atoms with van der Waals surface area (Å²) in [5.74, 6) is -0.345. The van der Waals surface area contributed by atoms with Crippen molar-refractivity contribution in [3.63, 3.8) is 0 Å². The van der Waals surface area contributed by atoms with Gasteiger partial charge in [-0.25, -0.2) is 14.3 Å². The summed E-state index contributed by atoms with van der Waals surface area (Å²) >= 11 is 1.21. The Kier molecular flexibility index (Phi) is 6.38. The van der Waals surface area contributed by atoms with E-state index in [0.29, 0.717) is 18.2 Å². The number of anilines is 1. The van der Waals surface area contributed by atoms with E-state index < -0.39 is 5.97 Å². The SMILES string of the molecule is CCN(C(=O)C1CCC(C)CC1)c1cc(-c2ccc(-c3cc4ncccn4n3)cc2)sc1C(=O)O. The highest BCUT2D eigenvalue weighted by Gasteiger charge is 2.31. The average Bonchev–Trinajstić information content (AvgIpc) is 3.50. The number of nitrogens with zero attached hydrogens (tertiary/aromatic N) is 4. The molecule has 7 nitrogen and oxygen atoms in total. The number of amides is 1. The van der Waals surface area contributed by atoms with Gasteiger partial charge in [-0.1, -0.05) is 31.2 Å². The topological polar surface area (TPSA) is 87.8 Å². The van der Waals surface area contributed by atoms with Gasteiger partial charge < -0.3 is 10.0 Å². The fourth-order valence-corrected chi connectivity index (χ4v) is 5.83. The Morgan fingerprint density at radius 1 is 1.11 bits per heavy atom. The zero-order valence-electron chi connectivity index (χ0n) is 19.8. The maximum Gasteiger partial charge on any atom is 0.348 e. The van der Waals surface area contributed by atoms with Gasteiger partial charge in [0.15, 0.2) is 5.65 Å². The maximum atomic E-state index is 13.4. The maximum absolute atomic E-state index is 13.4. The number of benzene rings is 1. The highest BCUT2D eigenvalue weighted by Crippen LogP contribution is 2.39. The van der Waals surface area contributed by atoms with Gasteiger partial charge in [-0.3, -0.25) is 4.79 Å². The number of hydrogen-bond acceptors (Lipinski definition) is 5. The minimum atomic E-state index is -1.01. The summed E-state index contributed by atoms with van der Waals surface area (Å²) in [7, 11) is 0. The molecular formula is C27H28N4O3S. The van der Waals surface area contributed by atoms with E-state index in [0.717, 1.165) is 53.0 Å². The Labute approximate surface area is 208 Å². The molecule has 0 atom stereocenters. The number of rotatable bonds is 6. The number of carbonyl (C=O) groups is 2.